The fourth-order valence-corrected chi connectivity index (χ4v) is 1.74. The molecular formula is C13H18N2O4. The highest BCUT2D eigenvalue weighted by Gasteiger charge is 2.13. The van der Waals surface area contributed by atoms with Crippen LogP contribution in [0, 0.1) is 16.0 Å². The zero-order valence-electron chi connectivity index (χ0n) is 11.1. The zero-order chi connectivity index (χ0) is 14.4. The topological polar surface area (TPSA) is 83.7 Å². The second-order valence-electron chi connectivity index (χ2n) is 4.68. The Morgan fingerprint density at radius 2 is 2.00 bits per heavy atom. The third kappa shape index (κ3) is 5.05. The van der Waals surface area contributed by atoms with Crippen molar-refractivity contribution in [3.05, 3.63) is 39.9 Å². The zero-order valence-corrected chi connectivity index (χ0v) is 11.1. The van der Waals surface area contributed by atoms with E-state index >= 15 is 0 Å². The third-order valence-corrected chi connectivity index (χ3v) is 2.94. The molecule has 0 spiro atoms. The molecular weight excluding hydrogens is 248 g/mol. The Bertz CT molecular complexity index is 444. The van der Waals surface area contributed by atoms with Crippen LogP contribution in [0.25, 0.3) is 0 Å². The second-order valence-corrected chi connectivity index (χ2v) is 4.68. The first kappa shape index (κ1) is 15.1. The average Bonchev–Trinajstić information content (AvgIpc) is 2.36. The van der Waals surface area contributed by atoms with E-state index in [0.29, 0.717) is 6.54 Å². The van der Waals surface area contributed by atoms with Crippen LogP contribution in [0.3, 0.4) is 0 Å². The lowest BCUT2D eigenvalue weighted by Crippen LogP contribution is -2.30. The summed E-state index contributed by atoms with van der Waals surface area (Å²) in [6, 6.07) is 6.42. The summed E-state index contributed by atoms with van der Waals surface area (Å²) in [6.45, 7) is 2.88. The molecule has 104 valence electrons. The maximum Gasteiger partial charge on any atom is 0.307 e. The molecule has 1 aromatic carbocycles. The number of carboxylic acids is 1. The summed E-state index contributed by atoms with van der Waals surface area (Å²) in [5, 5.41) is 19.3. The lowest BCUT2D eigenvalue weighted by atomic mass is 10.1. The van der Waals surface area contributed by atoms with Gasteiger partial charge in [-0.3, -0.25) is 14.9 Å². The van der Waals surface area contributed by atoms with Crippen LogP contribution in [0.1, 0.15) is 12.5 Å². The number of non-ortho nitro benzene ring substituents is 1. The summed E-state index contributed by atoms with van der Waals surface area (Å²) in [7, 11) is 1.87. The van der Waals surface area contributed by atoms with Crippen molar-refractivity contribution in [2.75, 3.05) is 20.1 Å². The summed E-state index contributed by atoms with van der Waals surface area (Å²) in [5.74, 6) is -1.20. The van der Waals surface area contributed by atoms with E-state index in [1.807, 2.05) is 11.9 Å². The van der Waals surface area contributed by atoms with Crippen LogP contribution in [0.5, 0.6) is 0 Å². The van der Waals surface area contributed by atoms with Gasteiger partial charge in [-0.2, -0.15) is 0 Å². The number of nitro benzene ring substituents is 1. The van der Waals surface area contributed by atoms with E-state index in [1.54, 1.807) is 19.1 Å². The molecule has 0 aliphatic rings. The van der Waals surface area contributed by atoms with Crippen molar-refractivity contribution in [2.24, 2.45) is 5.92 Å². The van der Waals surface area contributed by atoms with Crippen molar-refractivity contribution in [1.29, 1.82) is 0 Å². The van der Waals surface area contributed by atoms with Gasteiger partial charge in [0, 0.05) is 25.2 Å². The van der Waals surface area contributed by atoms with Crippen LogP contribution < -0.4 is 0 Å². The number of rotatable bonds is 7. The van der Waals surface area contributed by atoms with Gasteiger partial charge in [0.15, 0.2) is 0 Å². The van der Waals surface area contributed by atoms with E-state index in [0.717, 1.165) is 18.5 Å². The van der Waals surface area contributed by atoms with Gasteiger partial charge in [0.05, 0.1) is 10.8 Å². The normalized spacial score (nSPS) is 12.4. The summed E-state index contributed by atoms with van der Waals surface area (Å²) in [5.41, 5.74) is 1.08. The highest BCUT2D eigenvalue weighted by Crippen LogP contribution is 2.12. The molecule has 1 unspecified atom stereocenters. The summed E-state index contributed by atoms with van der Waals surface area (Å²) in [4.78, 5) is 22.7. The highest BCUT2D eigenvalue weighted by molar-refractivity contribution is 5.69. The van der Waals surface area contributed by atoms with Crippen LogP contribution in [-0.2, 0) is 11.2 Å². The van der Waals surface area contributed by atoms with Gasteiger partial charge < -0.3 is 10.0 Å². The molecule has 1 N–H and O–H groups in total. The smallest absolute Gasteiger partial charge is 0.307 e. The Hall–Kier alpha value is -1.95. The van der Waals surface area contributed by atoms with Crippen molar-refractivity contribution in [3.63, 3.8) is 0 Å². The maximum absolute atomic E-state index is 10.7. The van der Waals surface area contributed by atoms with E-state index in [-0.39, 0.29) is 5.69 Å². The SMILES string of the molecule is CC(CN(C)CCc1ccc([N+](=O)[O-])cc1)C(=O)O. The number of likely N-dealkylation sites (N-methyl/N-ethyl adjacent to an activating group) is 1. The van der Waals surface area contributed by atoms with Gasteiger partial charge in [-0.15, -0.1) is 0 Å². The number of carboxylic acid groups (broad SMARTS) is 1. The molecule has 0 amide bonds. The Morgan fingerprint density at radius 1 is 1.42 bits per heavy atom. The summed E-state index contributed by atoms with van der Waals surface area (Å²) >= 11 is 0. The van der Waals surface area contributed by atoms with Crippen LogP contribution in [0.15, 0.2) is 24.3 Å². The standard InChI is InChI=1S/C13H18N2O4/c1-10(13(16)17)9-14(2)8-7-11-3-5-12(6-4-11)15(18)19/h3-6,10H,7-9H2,1-2H3,(H,16,17). The Morgan fingerprint density at radius 3 is 2.47 bits per heavy atom. The van der Waals surface area contributed by atoms with E-state index in [4.69, 9.17) is 5.11 Å². The molecule has 0 fully saturated rings. The first-order chi connectivity index (χ1) is 8.90. The third-order valence-electron chi connectivity index (χ3n) is 2.94. The number of carbonyl (C=O) groups is 1. The molecule has 0 saturated heterocycles. The molecule has 0 aliphatic carbocycles. The lowest BCUT2D eigenvalue weighted by Gasteiger charge is -2.18. The number of aliphatic carboxylic acids is 1. The molecule has 1 rings (SSSR count). The van der Waals surface area contributed by atoms with Crippen molar-refractivity contribution < 1.29 is 14.8 Å². The van der Waals surface area contributed by atoms with Crippen molar-refractivity contribution >= 4 is 11.7 Å². The molecule has 0 aromatic heterocycles. The van der Waals surface area contributed by atoms with Crippen molar-refractivity contribution in [2.45, 2.75) is 13.3 Å². The molecule has 0 bridgehead atoms. The number of hydrogen-bond acceptors (Lipinski definition) is 4. The predicted molar refractivity (Wildman–Crippen MR) is 71.1 cm³/mol. The fraction of sp³-hybridized carbons (Fsp3) is 0.462. The molecule has 0 radical (unpaired) electrons. The molecule has 0 aliphatic heterocycles. The van der Waals surface area contributed by atoms with Crippen molar-refractivity contribution in [1.82, 2.24) is 4.90 Å². The average molecular weight is 266 g/mol. The molecule has 0 heterocycles. The van der Waals surface area contributed by atoms with Crippen LogP contribution >= 0.6 is 0 Å². The monoisotopic (exact) mass is 266 g/mol. The largest absolute Gasteiger partial charge is 0.481 e. The van der Waals surface area contributed by atoms with E-state index in [2.05, 4.69) is 0 Å². The molecule has 1 atom stereocenters. The minimum Gasteiger partial charge on any atom is -0.481 e. The Kier molecular flexibility index (Phi) is 5.44. The fourth-order valence-electron chi connectivity index (χ4n) is 1.74. The van der Waals surface area contributed by atoms with Crippen LogP contribution in [-0.4, -0.2) is 41.0 Å². The lowest BCUT2D eigenvalue weighted by molar-refractivity contribution is -0.384. The van der Waals surface area contributed by atoms with Gasteiger partial charge in [0.25, 0.3) is 5.69 Å². The molecule has 19 heavy (non-hydrogen) atoms. The van der Waals surface area contributed by atoms with Gasteiger partial charge in [0.1, 0.15) is 0 Å². The number of nitrogens with zero attached hydrogens (tertiary/aromatic N) is 2. The highest BCUT2D eigenvalue weighted by atomic mass is 16.6. The van der Waals surface area contributed by atoms with Gasteiger partial charge in [0.2, 0.25) is 0 Å². The second kappa shape index (κ2) is 6.84. The van der Waals surface area contributed by atoms with Gasteiger partial charge >= 0.3 is 5.97 Å². The van der Waals surface area contributed by atoms with E-state index in [1.165, 1.54) is 12.1 Å². The first-order valence-corrected chi connectivity index (χ1v) is 6.05. The number of hydrogen-bond donors (Lipinski definition) is 1. The molecule has 1 aromatic rings. The first-order valence-electron chi connectivity index (χ1n) is 6.05. The van der Waals surface area contributed by atoms with Crippen molar-refractivity contribution in [3.8, 4) is 0 Å². The summed E-state index contributed by atoms with van der Waals surface area (Å²) < 4.78 is 0. The predicted octanol–water partition coefficient (Wildman–Crippen LogP) is 1.79. The number of nitro groups is 1. The van der Waals surface area contributed by atoms with E-state index in [9.17, 15) is 14.9 Å². The Balaban J connectivity index is 2.43. The molecule has 6 heteroatoms. The molecule has 0 saturated carbocycles. The number of benzene rings is 1. The quantitative estimate of drug-likeness (QED) is 0.601. The van der Waals surface area contributed by atoms with Crippen LogP contribution in [0.2, 0.25) is 0 Å². The minimum absolute atomic E-state index is 0.0802. The van der Waals surface area contributed by atoms with Gasteiger partial charge in [-0.05, 0) is 19.0 Å². The summed E-state index contributed by atoms with van der Waals surface area (Å²) in [6.07, 6.45) is 0.737. The minimum atomic E-state index is -0.804. The van der Waals surface area contributed by atoms with Gasteiger partial charge in [-0.25, -0.2) is 0 Å². The van der Waals surface area contributed by atoms with Gasteiger partial charge in [-0.1, -0.05) is 19.1 Å². The van der Waals surface area contributed by atoms with E-state index < -0.39 is 16.8 Å². The van der Waals surface area contributed by atoms with Crippen LogP contribution in [0.4, 0.5) is 5.69 Å². The molecule has 6 nitrogen and oxygen atoms in total. The maximum atomic E-state index is 10.7. The Labute approximate surface area is 111 Å².